The predicted octanol–water partition coefficient (Wildman–Crippen LogP) is 1.70. The molecule has 0 amide bonds. The van der Waals surface area contributed by atoms with E-state index in [0.29, 0.717) is 6.67 Å². The van der Waals surface area contributed by atoms with Gasteiger partial charge in [-0.25, -0.2) is 5.43 Å². The third-order valence-corrected chi connectivity index (χ3v) is 2.51. The Kier molecular flexibility index (Phi) is 2.85. The highest BCUT2D eigenvalue weighted by Gasteiger charge is 2.03. The Hall–Kier alpha value is -1.58. The monoisotopic (exact) mass is 201 g/mol. The van der Waals surface area contributed by atoms with E-state index in [1.54, 1.807) is 0 Å². The number of hydrazine groups is 1. The third-order valence-electron chi connectivity index (χ3n) is 2.51. The molecule has 0 fully saturated rings. The molecule has 0 aliphatic heterocycles. The maximum absolute atomic E-state index is 5.32. The van der Waals surface area contributed by atoms with Gasteiger partial charge in [-0.15, -0.1) is 0 Å². The minimum Gasteiger partial charge on any atom is -0.360 e. The van der Waals surface area contributed by atoms with E-state index in [2.05, 4.69) is 46.7 Å². The number of nitrogens with two attached hydrogens (primary N) is 1. The number of rotatable bonds is 3. The summed E-state index contributed by atoms with van der Waals surface area (Å²) in [5.74, 6) is 5.32. The molecule has 2 aromatic carbocycles. The Morgan fingerprint density at radius 3 is 2.67 bits per heavy atom. The molecular weight excluding hydrogens is 186 g/mol. The van der Waals surface area contributed by atoms with Crippen LogP contribution in [0.15, 0.2) is 42.5 Å². The molecule has 0 spiro atoms. The normalized spacial score (nSPS) is 10.5. The molecule has 3 heteroatoms. The first-order valence-electron chi connectivity index (χ1n) is 4.95. The molecule has 0 aromatic heterocycles. The fourth-order valence-electron chi connectivity index (χ4n) is 1.76. The summed E-state index contributed by atoms with van der Waals surface area (Å²) in [7, 11) is 2.02. The highest BCUT2D eigenvalue weighted by atomic mass is 15.3. The predicted molar refractivity (Wildman–Crippen MR) is 64.5 cm³/mol. The van der Waals surface area contributed by atoms with Gasteiger partial charge in [0, 0.05) is 18.1 Å². The van der Waals surface area contributed by atoms with Crippen molar-refractivity contribution in [3.8, 4) is 0 Å². The molecule has 3 N–H and O–H groups in total. The highest BCUT2D eigenvalue weighted by molar-refractivity contribution is 5.94. The quantitative estimate of drug-likeness (QED) is 0.451. The summed E-state index contributed by atoms with van der Waals surface area (Å²) >= 11 is 0. The van der Waals surface area contributed by atoms with Gasteiger partial charge in [-0.3, -0.25) is 5.84 Å². The Morgan fingerprint density at radius 1 is 1.13 bits per heavy atom. The lowest BCUT2D eigenvalue weighted by atomic mass is 10.1. The minimum absolute atomic E-state index is 0.633. The van der Waals surface area contributed by atoms with E-state index in [-0.39, 0.29) is 0 Å². The van der Waals surface area contributed by atoms with Crippen LogP contribution in [-0.4, -0.2) is 13.7 Å². The van der Waals surface area contributed by atoms with Crippen molar-refractivity contribution >= 4 is 16.5 Å². The highest BCUT2D eigenvalue weighted by Crippen LogP contribution is 2.25. The van der Waals surface area contributed by atoms with Crippen LogP contribution in [0.5, 0.6) is 0 Å². The fraction of sp³-hybridized carbons (Fsp3) is 0.167. The van der Waals surface area contributed by atoms with Crippen molar-refractivity contribution in [1.82, 2.24) is 5.43 Å². The molecule has 0 radical (unpaired) electrons. The lowest BCUT2D eigenvalue weighted by molar-refractivity contribution is 0.719. The van der Waals surface area contributed by atoms with Crippen LogP contribution in [0.3, 0.4) is 0 Å². The second-order valence-corrected chi connectivity index (χ2v) is 3.56. The van der Waals surface area contributed by atoms with Gasteiger partial charge in [-0.2, -0.15) is 0 Å². The number of nitrogens with one attached hydrogen (secondary N) is 1. The fourth-order valence-corrected chi connectivity index (χ4v) is 1.76. The number of hydrogen-bond donors (Lipinski definition) is 2. The lowest BCUT2D eigenvalue weighted by Gasteiger charge is -2.20. The van der Waals surface area contributed by atoms with Crippen LogP contribution >= 0.6 is 0 Å². The topological polar surface area (TPSA) is 41.3 Å². The van der Waals surface area contributed by atoms with Crippen LogP contribution in [0.1, 0.15) is 0 Å². The molecule has 0 saturated carbocycles. The van der Waals surface area contributed by atoms with Crippen molar-refractivity contribution in [1.29, 1.82) is 0 Å². The summed E-state index contributed by atoms with van der Waals surface area (Å²) in [6, 6.07) is 14.6. The molecule has 0 saturated heterocycles. The molecule has 2 rings (SSSR count). The summed E-state index contributed by atoms with van der Waals surface area (Å²) in [5, 5.41) is 2.50. The molecule has 15 heavy (non-hydrogen) atoms. The first-order chi connectivity index (χ1) is 7.33. The van der Waals surface area contributed by atoms with Crippen molar-refractivity contribution in [2.75, 3.05) is 18.6 Å². The molecule has 0 aliphatic rings. The van der Waals surface area contributed by atoms with E-state index in [4.69, 9.17) is 5.84 Å². The van der Waals surface area contributed by atoms with Crippen molar-refractivity contribution in [3.05, 3.63) is 42.5 Å². The largest absolute Gasteiger partial charge is 0.360 e. The zero-order chi connectivity index (χ0) is 10.7. The molecule has 78 valence electrons. The van der Waals surface area contributed by atoms with E-state index in [1.165, 1.54) is 16.5 Å². The molecule has 0 aliphatic carbocycles. The average Bonchev–Trinajstić information content (AvgIpc) is 2.28. The van der Waals surface area contributed by atoms with Crippen LogP contribution in [0.2, 0.25) is 0 Å². The van der Waals surface area contributed by atoms with Crippen LogP contribution in [0.4, 0.5) is 5.69 Å². The Morgan fingerprint density at radius 2 is 1.87 bits per heavy atom. The molecule has 0 unspecified atom stereocenters. The van der Waals surface area contributed by atoms with Gasteiger partial charge in [0.25, 0.3) is 0 Å². The van der Waals surface area contributed by atoms with Gasteiger partial charge in [-0.05, 0) is 11.5 Å². The summed E-state index contributed by atoms with van der Waals surface area (Å²) in [5.41, 5.74) is 3.84. The van der Waals surface area contributed by atoms with Crippen molar-refractivity contribution in [2.24, 2.45) is 5.84 Å². The Bertz CT molecular complexity index is 448. The summed E-state index contributed by atoms with van der Waals surface area (Å²) in [6.07, 6.45) is 0. The zero-order valence-electron chi connectivity index (χ0n) is 8.77. The first kappa shape index (κ1) is 9.96. The van der Waals surface area contributed by atoms with Crippen molar-refractivity contribution in [3.63, 3.8) is 0 Å². The maximum Gasteiger partial charge on any atom is 0.0805 e. The second kappa shape index (κ2) is 4.29. The minimum atomic E-state index is 0.633. The number of nitrogens with zero attached hydrogens (tertiary/aromatic N) is 1. The van der Waals surface area contributed by atoms with E-state index in [1.807, 2.05) is 13.1 Å². The summed E-state index contributed by atoms with van der Waals surface area (Å²) in [4.78, 5) is 2.09. The van der Waals surface area contributed by atoms with E-state index < -0.39 is 0 Å². The first-order valence-corrected chi connectivity index (χ1v) is 4.95. The van der Waals surface area contributed by atoms with E-state index >= 15 is 0 Å². The number of anilines is 1. The van der Waals surface area contributed by atoms with Crippen molar-refractivity contribution < 1.29 is 0 Å². The van der Waals surface area contributed by atoms with Gasteiger partial charge in [0.05, 0.1) is 6.67 Å². The molecule has 2 aromatic rings. The van der Waals surface area contributed by atoms with Crippen LogP contribution in [0, 0.1) is 0 Å². The zero-order valence-corrected chi connectivity index (χ0v) is 8.77. The maximum atomic E-state index is 5.32. The molecular formula is C12H15N3. The van der Waals surface area contributed by atoms with E-state index in [0.717, 1.165) is 0 Å². The van der Waals surface area contributed by atoms with Crippen LogP contribution in [0.25, 0.3) is 10.8 Å². The standard InChI is InChI=1S/C12H15N3/c1-15(9-14-13)12-8-4-6-10-5-2-3-7-11(10)12/h2-8,14H,9,13H2,1H3. The number of fused-ring (bicyclic) bond motifs is 1. The second-order valence-electron chi connectivity index (χ2n) is 3.56. The molecule has 3 nitrogen and oxygen atoms in total. The summed E-state index contributed by atoms with van der Waals surface area (Å²) < 4.78 is 0. The smallest absolute Gasteiger partial charge is 0.0805 e. The van der Waals surface area contributed by atoms with Gasteiger partial charge >= 0.3 is 0 Å². The number of benzene rings is 2. The summed E-state index contributed by atoms with van der Waals surface area (Å²) in [6.45, 7) is 0.633. The van der Waals surface area contributed by atoms with Gasteiger partial charge in [0.2, 0.25) is 0 Å². The van der Waals surface area contributed by atoms with Crippen molar-refractivity contribution in [2.45, 2.75) is 0 Å². The SMILES string of the molecule is CN(CNN)c1cccc2ccccc12. The van der Waals surface area contributed by atoms with E-state index in [9.17, 15) is 0 Å². The van der Waals surface area contributed by atoms with Gasteiger partial charge < -0.3 is 4.90 Å². The van der Waals surface area contributed by atoms with Gasteiger partial charge in [0.1, 0.15) is 0 Å². The van der Waals surface area contributed by atoms with Crippen LogP contribution in [-0.2, 0) is 0 Å². The number of hydrogen-bond acceptors (Lipinski definition) is 3. The molecule has 0 bridgehead atoms. The Balaban J connectivity index is 2.50. The Labute approximate surface area is 89.5 Å². The lowest BCUT2D eigenvalue weighted by Crippen LogP contribution is -2.35. The molecule has 0 heterocycles. The molecule has 0 atom stereocenters. The van der Waals surface area contributed by atoms with Gasteiger partial charge in [-0.1, -0.05) is 36.4 Å². The van der Waals surface area contributed by atoms with Gasteiger partial charge in [0.15, 0.2) is 0 Å². The third kappa shape index (κ3) is 1.93. The average molecular weight is 201 g/mol. The van der Waals surface area contributed by atoms with Crippen LogP contribution < -0.4 is 16.2 Å².